The van der Waals surface area contributed by atoms with E-state index >= 15 is 0 Å². The first-order valence-electron chi connectivity index (χ1n) is 6.84. The van der Waals surface area contributed by atoms with Gasteiger partial charge >= 0.3 is 0 Å². The summed E-state index contributed by atoms with van der Waals surface area (Å²) in [6.45, 7) is 16.2. The fraction of sp³-hybridized carbons (Fsp3) is 0.375. The summed E-state index contributed by atoms with van der Waals surface area (Å²) in [6.07, 6.45) is 2.60. The molecule has 2 rings (SSSR count). The van der Waals surface area contributed by atoms with Crippen LogP contribution in [-0.2, 0) is 17.0 Å². The van der Waals surface area contributed by atoms with Crippen molar-refractivity contribution in [1.29, 1.82) is 0 Å². The maximum atomic E-state index is 5.97. The molecule has 104 valence electrons. The molecule has 1 aromatic carbocycles. The van der Waals surface area contributed by atoms with Gasteiger partial charge in [0.25, 0.3) is 0 Å². The zero-order chi connectivity index (χ0) is 14.5. The fourth-order valence-electron chi connectivity index (χ4n) is 1.96. The molecule has 1 aromatic rings. The quantitative estimate of drug-likeness (QED) is 0.734. The molecule has 19 heavy (non-hydrogen) atoms. The maximum absolute atomic E-state index is 5.97. The Morgan fingerprint density at radius 1 is 0.947 bits per heavy atom. The van der Waals surface area contributed by atoms with Gasteiger partial charge in [-0.1, -0.05) is 35.7 Å². The van der Waals surface area contributed by atoms with Crippen LogP contribution >= 0.6 is 0 Å². The second-order valence-electron chi connectivity index (χ2n) is 6.08. The summed E-state index contributed by atoms with van der Waals surface area (Å²) in [4.78, 5) is 0. The minimum atomic E-state index is -1.74. The molecule has 0 saturated carbocycles. The average molecular weight is 291 g/mol. The van der Waals surface area contributed by atoms with Crippen molar-refractivity contribution in [2.45, 2.75) is 39.0 Å². The molecule has 0 amide bonds. The van der Waals surface area contributed by atoms with Gasteiger partial charge in [0.15, 0.2) is 8.32 Å². The van der Waals surface area contributed by atoms with E-state index in [0.717, 1.165) is 0 Å². The lowest BCUT2D eigenvalue weighted by molar-refractivity contribution is 0.571. The van der Waals surface area contributed by atoms with Gasteiger partial charge in [0.05, 0.1) is 0 Å². The molecule has 0 atom stereocenters. The number of hydrogen-bond donors (Lipinski definition) is 0. The first kappa shape index (κ1) is 16.1. The Morgan fingerprint density at radius 3 is 1.53 bits per heavy atom. The smallest absolute Gasteiger partial charge is 0.226 e. The van der Waals surface area contributed by atoms with Crippen molar-refractivity contribution in [3.05, 3.63) is 59.9 Å². The van der Waals surface area contributed by atoms with Crippen LogP contribution in [0.25, 0.3) is 0 Å². The molecule has 0 heterocycles. The van der Waals surface area contributed by atoms with Crippen LogP contribution in [0, 0.1) is 0 Å². The number of benzene rings is 1. The highest BCUT2D eigenvalue weighted by Crippen LogP contribution is 2.20. The highest BCUT2D eigenvalue weighted by molar-refractivity contribution is 6.90. The molecule has 0 radical (unpaired) electrons. The van der Waals surface area contributed by atoms with Crippen molar-refractivity contribution in [2.75, 3.05) is 0 Å². The van der Waals surface area contributed by atoms with Crippen molar-refractivity contribution < 1.29 is 4.12 Å². The van der Waals surface area contributed by atoms with Gasteiger partial charge in [0.2, 0.25) is 8.32 Å². The van der Waals surface area contributed by atoms with Gasteiger partial charge in [-0.2, -0.15) is 0 Å². The lowest BCUT2D eigenvalue weighted by atomic mass is 9.89. The lowest BCUT2D eigenvalue weighted by Crippen LogP contribution is -2.41. The molecular weight excluding hydrogens is 264 g/mol. The summed E-state index contributed by atoms with van der Waals surface area (Å²) in [5.41, 5.74) is 6.95. The van der Waals surface area contributed by atoms with E-state index in [9.17, 15) is 0 Å². The number of hydrogen-bond acceptors (Lipinski definition) is 1. The van der Waals surface area contributed by atoms with Gasteiger partial charge in [-0.25, -0.2) is 0 Å². The largest absolute Gasteiger partial charge is 0.450 e. The zero-order valence-corrected chi connectivity index (χ0v) is 14.7. The highest BCUT2D eigenvalue weighted by Gasteiger charge is 2.28. The normalized spacial score (nSPS) is 13.5. The van der Waals surface area contributed by atoms with Crippen LogP contribution < -0.4 is 0 Å². The Bertz CT molecular complexity index is 415. The van der Waals surface area contributed by atoms with E-state index in [2.05, 4.69) is 63.6 Å². The summed E-state index contributed by atoms with van der Waals surface area (Å²) < 4.78 is 5.97. The van der Waals surface area contributed by atoms with Crippen LogP contribution in [0.5, 0.6) is 0 Å². The minimum absolute atomic E-state index is 1.30. The Hall–Kier alpha value is -0.906. The minimum Gasteiger partial charge on any atom is -0.450 e. The predicted molar refractivity (Wildman–Crippen MR) is 90.3 cm³/mol. The molecule has 0 spiro atoms. The summed E-state index contributed by atoms with van der Waals surface area (Å²) in [5, 5.41) is 0. The molecular formula is C16H26OSi2. The molecule has 0 unspecified atom stereocenters. The second kappa shape index (κ2) is 6.50. The van der Waals surface area contributed by atoms with Gasteiger partial charge in [-0.05, 0) is 50.2 Å². The van der Waals surface area contributed by atoms with Crippen LogP contribution in [0.3, 0.4) is 0 Å². The summed E-state index contributed by atoms with van der Waals surface area (Å²) >= 11 is 0. The molecule has 1 aliphatic rings. The van der Waals surface area contributed by atoms with E-state index in [1.54, 1.807) is 11.1 Å². The third-order valence-corrected chi connectivity index (χ3v) is 8.95. The Kier molecular flexibility index (Phi) is 5.53. The van der Waals surface area contributed by atoms with Crippen LogP contribution in [0.4, 0.5) is 0 Å². The molecule has 0 aliphatic heterocycles. The van der Waals surface area contributed by atoms with Gasteiger partial charge in [-0.3, -0.25) is 0 Å². The molecule has 0 bridgehead atoms. The first-order chi connectivity index (χ1) is 8.79. The predicted octanol–water partition coefficient (Wildman–Crippen LogP) is 4.65. The SMILES string of the molecule is C=C[Si](C)(C=C)O[Si](C)(C)C.c1ccc2c(c1)CC2. The van der Waals surface area contributed by atoms with E-state index in [4.69, 9.17) is 4.12 Å². The Labute approximate surface area is 120 Å². The van der Waals surface area contributed by atoms with Gasteiger partial charge in [0, 0.05) is 0 Å². The second-order valence-corrected chi connectivity index (χ2v) is 14.3. The molecule has 1 nitrogen and oxygen atoms in total. The Morgan fingerprint density at radius 2 is 1.37 bits per heavy atom. The molecule has 1 aliphatic carbocycles. The van der Waals surface area contributed by atoms with E-state index < -0.39 is 16.6 Å². The monoisotopic (exact) mass is 290 g/mol. The van der Waals surface area contributed by atoms with E-state index in [-0.39, 0.29) is 0 Å². The molecule has 0 saturated heterocycles. The standard InChI is InChI=1S/C8H18OSi2.C8H8/c1-7-11(6,8-2)9-10(3,4)5;1-2-4-8-6-5-7(8)3-1/h7-8H,1-2H2,3-6H3;1-4H,5-6H2. The van der Waals surface area contributed by atoms with Gasteiger partial charge in [0.1, 0.15) is 0 Å². The van der Waals surface area contributed by atoms with Gasteiger partial charge in [-0.15, -0.1) is 13.2 Å². The number of fused-ring (bicyclic) bond motifs is 1. The zero-order valence-electron chi connectivity index (χ0n) is 12.7. The van der Waals surface area contributed by atoms with E-state index in [0.29, 0.717) is 0 Å². The molecule has 0 fully saturated rings. The summed E-state index contributed by atoms with van der Waals surface area (Å²) in [7, 11) is -3.16. The van der Waals surface area contributed by atoms with Gasteiger partial charge < -0.3 is 4.12 Å². The van der Waals surface area contributed by atoms with E-state index in [1.165, 1.54) is 12.8 Å². The summed E-state index contributed by atoms with van der Waals surface area (Å²) in [5.74, 6) is 0. The van der Waals surface area contributed by atoms with Crippen molar-refractivity contribution in [1.82, 2.24) is 0 Å². The van der Waals surface area contributed by atoms with Crippen molar-refractivity contribution in [3.63, 3.8) is 0 Å². The van der Waals surface area contributed by atoms with Crippen LogP contribution in [0.15, 0.2) is 48.8 Å². The number of aryl methyl sites for hydroxylation is 2. The van der Waals surface area contributed by atoms with Crippen molar-refractivity contribution in [2.24, 2.45) is 0 Å². The van der Waals surface area contributed by atoms with Crippen LogP contribution in [-0.4, -0.2) is 16.6 Å². The topological polar surface area (TPSA) is 9.23 Å². The first-order valence-corrected chi connectivity index (χ1v) is 12.8. The van der Waals surface area contributed by atoms with Crippen molar-refractivity contribution >= 4 is 16.6 Å². The summed E-state index contributed by atoms with van der Waals surface area (Å²) in [6, 6.07) is 8.63. The highest BCUT2D eigenvalue weighted by atomic mass is 28.4. The van der Waals surface area contributed by atoms with Crippen molar-refractivity contribution in [3.8, 4) is 0 Å². The lowest BCUT2D eigenvalue weighted by Gasteiger charge is -2.29. The third kappa shape index (κ3) is 5.31. The fourth-order valence-corrected chi connectivity index (χ4v) is 8.08. The molecule has 0 aromatic heterocycles. The van der Waals surface area contributed by atoms with Crippen LogP contribution in [0.1, 0.15) is 11.1 Å². The third-order valence-electron chi connectivity index (χ3n) is 3.12. The number of rotatable bonds is 4. The molecule has 3 heteroatoms. The Balaban J connectivity index is 0.000000196. The van der Waals surface area contributed by atoms with Crippen LogP contribution in [0.2, 0.25) is 26.2 Å². The average Bonchev–Trinajstić information content (AvgIpc) is 2.30. The van der Waals surface area contributed by atoms with E-state index in [1.807, 2.05) is 11.4 Å². The maximum Gasteiger partial charge on any atom is 0.226 e. The molecule has 0 N–H and O–H groups in total.